The van der Waals surface area contributed by atoms with E-state index < -0.39 is 12.0 Å². The van der Waals surface area contributed by atoms with E-state index in [1.807, 2.05) is 31.2 Å². The highest BCUT2D eigenvalue weighted by Crippen LogP contribution is 2.23. The lowest BCUT2D eigenvalue weighted by Crippen LogP contribution is -2.38. The van der Waals surface area contributed by atoms with E-state index in [0.29, 0.717) is 6.42 Å². The fourth-order valence-electron chi connectivity index (χ4n) is 1.90. The number of aliphatic carboxylic acids is 1. The Labute approximate surface area is 117 Å². The Bertz CT molecular complexity index is 395. The van der Waals surface area contributed by atoms with Crippen LogP contribution in [0.15, 0.2) is 28.7 Å². The number of carboxylic acid groups (broad SMARTS) is 1. The average molecular weight is 314 g/mol. The van der Waals surface area contributed by atoms with Gasteiger partial charge in [-0.1, -0.05) is 53.9 Å². The average Bonchev–Trinajstić information content (AvgIpc) is 2.34. The molecule has 0 aliphatic rings. The molecular weight excluding hydrogens is 294 g/mol. The van der Waals surface area contributed by atoms with Crippen LogP contribution in [0.25, 0.3) is 0 Å². The quantitative estimate of drug-likeness (QED) is 0.806. The Morgan fingerprint density at radius 3 is 2.67 bits per heavy atom. The smallest absolute Gasteiger partial charge is 0.320 e. The maximum atomic E-state index is 11.2. The summed E-state index contributed by atoms with van der Waals surface area (Å²) >= 11 is 3.49. The minimum Gasteiger partial charge on any atom is -0.480 e. The van der Waals surface area contributed by atoms with Gasteiger partial charge in [0, 0.05) is 10.5 Å². The first-order valence-electron chi connectivity index (χ1n) is 6.29. The zero-order valence-electron chi connectivity index (χ0n) is 10.8. The third-order valence-corrected chi connectivity index (χ3v) is 3.69. The van der Waals surface area contributed by atoms with Crippen molar-refractivity contribution in [1.82, 2.24) is 5.32 Å². The first-order valence-corrected chi connectivity index (χ1v) is 7.08. The van der Waals surface area contributed by atoms with Crippen LogP contribution < -0.4 is 5.32 Å². The largest absolute Gasteiger partial charge is 0.480 e. The van der Waals surface area contributed by atoms with E-state index in [1.165, 1.54) is 0 Å². The standard InChI is InChI=1S/C14H20BrNO2/c1-3-4-9-13(14(17)18)16-10(2)11-7-5-6-8-12(11)15/h5-8,10,13,16H,3-4,9H2,1-2H3,(H,17,18)/t10-,13?/m1/s1. The number of carbonyl (C=O) groups is 1. The molecule has 2 N–H and O–H groups in total. The van der Waals surface area contributed by atoms with E-state index in [2.05, 4.69) is 28.2 Å². The minimum atomic E-state index is -0.776. The summed E-state index contributed by atoms with van der Waals surface area (Å²) in [5, 5.41) is 12.4. The van der Waals surface area contributed by atoms with Crippen LogP contribution in [-0.4, -0.2) is 17.1 Å². The summed E-state index contributed by atoms with van der Waals surface area (Å²) in [6, 6.07) is 7.41. The summed E-state index contributed by atoms with van der Waals surface area (Å²) in [5.74, 6) is -0.776. The van der Waals surface area contributed by atoms with Crippen LogP contribution in [0.3, 0.4) is 0 Å². The van der Waals surface area contributed by atoms with Crippen LogP contribution in [0.5, 0.6) is 0 Å². The molecule has 0 saturated carbocycles. The van der Waals surface area contributed by atoms with Gasteiger partial charge >= 0.3 is 5.97 Å². The Hall–Kier alpha value is -0.870. The van der Waals surface area contributed by atoms with Gasteiger partial charge in [-0.05, 0) is 25.0 Å². The lowest BCUT2D eigenvalue weighted by Gasteiger charge is -2.21. The molecule has 1 rings (SSSR count). The molecule has 0 bridgehead atoms. The lowest BCUT2D eigenvalue weighted by molar-refractivity contribution is -0.139. The molecule has 0 radical (unpaired) electrons. The second kappa shape index (κ2) is 7.54. The monoisotopic (exact) mass is 313 g/mol. The van der Waals surface area contributed by atoms with Crippen molar-refractivity contribution in [3.63, 3.8) is 0 Å². The molecule has 0 aliphatic heterocycles. The lowest BCUT2D eigenvalue weighted by atomic mass is 10.1. The van der Waals surface area contributed by atoms with Gasteiger partial charge in [0.2, 0.25) is 0 Å². The van der Waals surface area contributed by atoms with E-state index in [-0.39, 0.29) is 6.04 Å². The summed E-state index contributed by atoms with van der Waals surface area (Å²) in [6.07, 6.45) is 2.60. The van der Waals surface area contributed by atoms with Crippen LogP contribution in [0.4, 0.5) is 0 Å². The second-order valence-electron chi connectivity index (χ2n) is 4.44. The maximum absolute atomic E-state index is 11.2. The van der Waals surface area contributed by atoms with Crippen molar-refractivity contribution in [2.75, 3.05) is 0 Å². The molecule has 4 heteroatoms. The van der Waals surface area contributed by atoms with Gasteiger partial charge in [0.15, 0.2) is 0 Å². The molecule has 18 heavy (non-hydrogen) atoms. The summed E-state index contributed by atoms with van der Waals surface area (Å²) < 4.78 is 1.00. The molecule has 0 amide bonds. The van der Waals surface area contributed by atoms with Crippen LogP contribution in [0.2, 0.25) is 0 Å². The molecule has 1 unspecified atom stereocenters. The summed E-state index contributed by atoms with van der Waals surface area (Å²) in [6.45, 7) is 4.05. The number of nitrogens with one attached hydrogen (secondary N) is 1. The van der Waals surface area contributed by atoms with Crippen LogP contribution in [0.1, 0.15) is 44.7 Å². The fraction of sp³-hybridized carbons (Fsp3) is 0.500. The highest BCUT2D eigenvalue weighted by atomic mass is 79.9. The molecule has 3 nitrogen and oxygen atoms in total. The summed E-state index contributed by atoms with van der Waals surface area (Å²) in [5.41, 5.74) is 1.08. The Balaban J connectivity index is 2.69. The minimum absolute atomic E-state index is 0.0125. The zero-order chi connectivity index (χ0) is 13.5. The van der Waals surface area contributed by atoms with Gasteiger partial charge in [0.1, 0.15) is 6.04 Å². The predicted molar refractivity (Wildman–Crippen MR) is 76.6 cm³/mol. The van der Waals surface area contributed by atoms with Crippen molar-refractivity contribution < 1.29 is 9.90 Å². The number of benzene rings is 1. The van der Waals surface area contributed by atoms with E-state index in [4.69, 9.17) is 0 Å². The number of hydrogen-bond donors (Lipinski definition) is 2. The Kier molecular flexibility index (Phi) is 6.36. The Morgan fingerprint density at radius 1 is 1.44 bits per heavy atom. The van der Waals surface area contributed by atoms with Crippen molar-refractivity contribution >= 4 is 21.9 Å². The maximum Gasteiger partial charge on any atom is 0.320 e. The molecule has 100 valence electrons. The third-order valence-electron chi connectivity index (χ3n) is 2.97. The van der Waals surface area contributed by atoms with Crippen molar-refractivity contribution in [3.05, 3.63) is 34.3 Å². The summed E-state index contributed by atoms with van der Waals surface area (Å²) in [7, 11) is 0. The molecule has 0 spiro atoms. The van der Waals surface area contributed by atoms with Gasteiger partial charge in [0.05, 0.1) is 0 Å². The van der Waals surface area contributed by atoms with E-state index >= 15 is 0 Å². The molecule has 0 aliphatic carbocycles. The number of carboxylic acids is 1. The zero-order valence-corrected chi connectivity index (χ0v) is 12.4. The molecule has 1 aromatic carbocycles. The molecule has 0 saturated heterocycles. The molecular formula is C14H20BrNO2. The van der Waals surface area contributed by atoms with Gasteiger partial charge in [-0.3, -0.25) is 10.1 Å². The fourth-order valence-corrected chi connectivity index (χ4v) is 2.53. The van der Waals surface area contributed by atoms with Crippen LogP contribution in [0, 0.1) is 0 Å². The molecule has 0 fully saturated rings. The highest BCUT2D eigenvalue weighted by molar-refractivity contribution is 9.10. The van der Waals surface area contributed by atoms with E-state index in [0.717, 1.165) is 22.9 Å². The predicted octanol–water partition coefficient (Wildman–Crippen LogP) is 3.74. The molecule has 2 atom stereocenters. The van der Waals surface area contributed by atoms with Gasteiger partial charge in [-0.15, -0.1) is 0 Å². The topological polar surface area (TPSA) is 49.3 Å². The number of unbranched alkanes of at least 4 members (excludes halogenated alkanes) is 1. The molecule has 1 aromatic rings. The van der Waals surface area contributed by atoms with E-state index in [1.54, 1.807) is 0 Å². The highest BCUT2D eigenvalue weighted by Gasteiger charge is 2.20. The third kappa shape index (κ3) is 4.42. The van der Waals surface area contributed by atoms with Gasteiger partial charge in [0.25, 0.3) is 0 Å². The number of hydrogen-bond acceptors (Lipinski definition) is 2. The van der Waals surface area contributed by atoms with Crippen LogP contribution in [-0.2, 0) is 4.79 Å². The van der Waals surface area contributed by atoms with Crippen molar-refractivity contribution in [2.24, 2.45) is 0 Å². The molecule has 0 heterocycles. The van der Waals surface area contributed by atoms with Gasteiger partial charge < -0.3 is 5.11 Å². The first kappa shape index (κ1) is 15.2. The van der Waals surface area contributed by atoms with Crippen molar-refractivity contribution in [1.29, 1.82) is 0 Å². The number of halogens is 1. The summed E-state index contributed by atoms with van der Waals surface area (Å²) in [4.78, 5) is 11.2. The molecule has 0 aromatic heterocycles. The normalized spacial score (nSPS) is 14.2. The van der Waals surface area contributed by atoms with E-state index in [9.17, 15) is 9.90 Å². The van der Waals surface area contributed by atoms with Crippen LogP contribution >= 0.6 is 15.9 Å². The second-order valence-corrected chi connectivity index (χ2v) is 5.30. The number of rotatable bonds is 7. The van der Waals surface area contributed by atoms with Crippen molar-refractivity contribution in [3.8, 4) is 0 Å². The van der Waals surface area contributed by atoms with Crippen molar-refractivity contribution in [2.45, 2.75) is 45.2 Å². The van der Waals surface area contributed by atoms with Gasteiger partial charge in [-0.25, -0.2) is 0 Å². The van der Waals surface area contributed by atoms with Gasteiger partial charge in [-0.2, -0.15) is 0 Å². The Morgan fingerprint density at radius 2 is 2.11 bits per heavy atom. The SMILES string of the molecule is CCCCC(N[C@H](C)c1ccccc1Br)C(=O)O. The first-order chi connectivity index (χ1) is 8.56.